The van der Waals surface area contributed by atoms with Gasteiger partial charge in [-0.1, -0.05) is 6.92 Å². The Morgan fingerprint density at radius 1 is 1.62 bits per heavy atom. The SMILES string of the molecule is CCc1cn(CC(F)F)nc1OC. The van der Waals surface area contributed by atoms with Crippen LogP contribution >= 0.6 is 0 Å². The maximum atomic E-state index is 12.0. The van der Waals surface area contributed by atoms with Crippen LogP contribution in [0.25, 0.3) is 0 Å². The zero-order valence-corrected chi connectivity index (χ0v) is 7.63. The highest BCUT2D eigenvalue weighted by atomic mass is 19.3. The molecule has 0 N–H and O–H groups in total. The van der Waals surface area contributed by atoms with Gasteiger partial charge in [0, 0.05) is 11.8 Å². The normalized spacial score (nSPS) is 10.8. The lowest BCUT2D eigenvalue weighted by Gasteiger charge is -1.97. The van der Waals surface area contributed by atoms with Gasteiger partial charge in [0.15, 0.2) is 0 Å². The van der Waals surface area contributed by atoms with Crippen molar-refractivity contribution in [1.82, 2.24) is 9.78 Å². The van der Waals surface area contributed by atoms with Crippen LogP contribution in [0, 0.1) is 0 Å². The molecule has 0 aliphatic heterocycles. The van der Waals surface area contributed by atoms with E-state index in [1.807, 2.05) is 6.92 Å². The molecule has 1 aromatic heterocycles. The van der Waals surface area contributed by atoms with Crippen molar-refractivity contribution in [3.8, 4) is 5.88 Å². The van der Waals surface area contributed by atoms with Gasteiger partial charge in [-0.3, -0.25) is 4.68 Å². The summed E-state index contributed by atoms with van der Waals surface area (Å²) in [5.74, 6) is 0.433. The molecule has 0 atom stereocenters. The fourth-order valence-electron chi connectivity index (χ4n) is 1.09. The summed E-state index contributed by atoms with van der Waals surface area (Å²) < 4.78 is 30.1. The van der Waals surface area contributed by atoms with Crippen LogP contribution in [0.3, 0.4) is 0 Å². The Balaban J connectivity index is 2.80. The summed E-state index contributed by atoms with van der Waals surface area (Å²) in [6.45, 7) is 1.54. The largest absolute Gasteiger partial charge is 0.480 e. The van der Waals surface area contributed by atoms with Crippen molar-refractivity contribution in [1.29, 1.82) is 0 Å². The molecule has 1 aromatic rings. The van der Waals surface area contributed by atoms with E-state index in [0.29, 0.717) is 5.88 Å². The van der Waals surface area contributed by atoms with E-state index in [0.717, 1.165) is 12.0 Å². The Morgan fingerprint density at radius 2 is 2.31 bits per heavy atom. The lowest BCUT2D eigenvalue weighted by molar-refractivity contribution is 0.121. The summed E-state index contributed by atoms with van der Waals surface area (Å²) in [5, 5.41) is 3.85. The molecule has 0 radical (unpaired) electrons. The van der Waals surface area contributed by atoms with Crippen LogP contribution in [0.2, 0.25) is 0 Å². The molecular weight excluding hydrogens is 178 g/mol. The molecule has 0 spiro atoms. The molecule has 0 amide bonds. The molecule has 74 valence electrons. The monoisotopic (exact) mass is 190 g/mol. The van der Waals surface area contributed by atoms with Gasteiger partial charge in [-0.2, -0.15) is 0 Å². The van der Waals surface area contributed by atoms with Gasteiger partial charge >= 0.3 is 0 Å². The molecule has 3 nitrogen and oxygen atoms in total. The number of halogens is 2. The number of aromatic nitrogens is 2. The Labute approximate surface area is 75.3 Å². The maximum absolute atomic E-state index is 12.0. The number of hydrogen-bond acceptors (Lipinski definition) is 2. The van der Waals surface area contributed by atoms with Crippen molar-refractivity contribution >= 4 is 0 Å². The molecule has 0 saturated heterocycles. The van der Waals surface area contributed by atoms with Crippen LogP contribution in [0.4, 0.5) is 8.78 Å². The third-order valence-electron chi connectivity index (χ3n) is 1.70. The first kappa shape index (κ1) is 9.95. The van der Waals surface area contributed by atoms with E-state index >= 15 is 0 Å². The van der Waals surface area contributed by atoms with Crippen molar-refractivity contribution in [3.63, 3.8) is 0 Å². The van der Waals surface area contributed by atoms with Crippen LogP contribution < -0.4 is 4.74 Å². The van der Waals surface area contributed by atoms with Crippen molar-refractivity contribution in [2.24, 2.45) is 0 Å². The smallest absolute Gasteiger partial charge is 0.257 e. The summed E-state index contributed by atoms with van der Waals surface area (Å²) in [6, 6.07) is 0. The summed E-state index contributed by atoms with van der Waals surface area (Å²) in [4.78, 5) is 0. The third kappa shape index (κ3) is 2.40. The lowest BCUT2D eigenvalue weighted by Crippen LogP contribution is -2.06. The van der Waals surface area contributed by atoms with Crippen LogP contribution in [0.5, 0.6) is 5.88 Å². The highest BCUT2D eigenvalue weighted by molar-refractivity contribution is 5.22. The minimum atomic E-state index is -2.38. The Morgan fingerprint density at radius 3 is 2.69 bits per heavy atom. The van der Waals surface area contributed by atoms with Gasteiger partial charge in [0.05, 0.1) is 7.11 Å². The van der Waals surface area contributed by atoms with Gasteiger partial charge in [-0.15, -0.1) is 5.10 Å². The quantitative estimate of drug-likeness (QED) is 0.722. The third-order valence-corrected chi connectivity index (χ3v) is 1.70. The van der Waals surface area contributed by atoms with E-state index in [4.69, 9.17) is 4.74 Å². The van der Waals surface area contributed by atoms with Gasteiger partial charge in [0.2, 0.25) is 5.88 Å². The standard InChI is InChI=1S/C8H12F2N2O/c1-3-6-4-12(5-7(9)10)11-8(6)13-2/h4,7H,3,5H2,1-2H3. The first-order chi connectivity index (χ1) is 6.17. The predicted molar refractivity (Wildman–Crippen MR) is 44.2 cm³/mol. The molecule has 1 heterocycles. The Kier molecular flexibility index (Phi) is 3.22. The number of methoxy groups -OCH3 is 1. The summed E-state index contributed by atoms with van der Waals surface area (Å²) >= 11 is 0. The van der Waals surface area contributed by atoms with E-state index in [1.165, 1.54) is 11.8 Å². The van der Waals surface area contributed by atoms with Gasteiger partial charge in [-0.25, -0.2) is 8.78 Å². The zero-order chi connectivity index (χ0) is 9.84. The average molecular weight is 190 g/mol. The van der Waals surface area contributed by atoms with E-state index in [-0.39, 0.29) is 6.54 Å². The molecule has 0 aromatic carbocycles. The molecule has 0 aliphatic carbocycles. The van der Waals surface area contributed by atoms with Crippen molar-refractivity contribution in [2.45, 2.75) is 26.3 Å². The Bertz CT molecular complexity index is 252. The van der Waals surface area contributed by atoms with E-state index in [1.54, 1.807) is 6.20 Å². The molecule has 0 aliphatic rings. The zero-order valence-electron chi connectivity index (χ0n) is 7.63. The second-order valence-electron chi connectivity index (χ2n) is 2.63. The van der Waals surface area contributed by atoms with Crippen LogP contribution in [0.15, 0.2) is 6.20 Å². The summed E-state index contributed by atoms with van der Waals surface area (Å²) in [5.41, 5.74) is 0.850. The molecule has 0 unspecified atom stereocenters. The molecule has 0 bridgehead atoms. The van der Waals surface area contributed by atoms with Crippen molar-refractivity contribution in [2.75, 3.05) is 7.11 Å². The highest BCUT2D eigenvalue weighted by Gasteiger charge is 2.10. The first-order valence-corrected chi connectivity index (χ1v) is 4.05. The van der Waals surface area contributed by atoms with E-state index in [9.17, 15) is 8.78 Å². The molecular formula is C8H12F2N2O. The number of alkyl halides is 2. The van der Waals surface area contributed by atoms with Gasteiger partial charge in [0.25, 0.3) is 6.43 Å². The van der Waals surface area contributed by atoms with Crippen molar-refractivity contribution < 1.29 is 13.5 Å². The van der Waals surface area contributed by atoms with Gasteiger partial charge in [0.1, 0.15) is 6.54 Å². The fraction of sp³-hybridized carbons (Fsp3) is 0.625. The van der Waals surface area contributed by atoms with Crippen LogP contribution in [0.1, 0.15) is 12.5 Å². The minimum absolute atomic E-state index is 0.379. The molecule has 0 saturated carbocycles. The van der Waals surface area contributed by atoms with Gasteiger partial charge in [-0.05, 0) is 6.42 Å². The van der Waals surface area contributed by atoms with Crippen LogP contribution in [-0.2, 0) is 13.0 Å². The fourth-order valence-corrected chi connectivity index (χ4v) is 1.09. The second kappa shape index (κ2) is 4.20. The van der Waals surface area contributed by atoms with E-state index < -0.39 is 6.43 Å². The number of hydrogen-bond donors (Lipinski definition) is 0. The molecule has 1 rings (SSSR count). The molecule has 0 fully saturated rings. The molecule has 5 heteroatoms. The summed E-state index contributed by atoms with van der Waals surface area (Å²) in [7, 11) is 1.48. The molecule has 13 heavy (non-hydrogen) atoms. The second-order valence-corrected chi connectivity index (χ2v) is 2.63. The number of rotatable bonds is 4. The minimum Gasteiger partial charge on any atom is -0.480 e. The number of nitrogens with zero attached hydrogens (tertiary/aromatic N) is 2. The first-order valence-electron chi connectivity index (χ1n) is 4.05. The topological polar surface area (TPSA) is 27.1 Å². The van der Waals surface area contributed by atoms with E-state index in [2.05, 4.69) is 5.10 Å². The summed E-state index contributed by atoms with van der Waals surface area (Å²) in [6.07, 6.45) is -0.0634. The number of aryl methyl sites for hydroxylation is 1. The maximum Gasteiger partial charge on any atom is 0.257 e. The Hall–Kier alpha value is -1.13. The highest BCUT2D eigenvalue weighted by Crippen LogP contribution is 2.16. The predicted octanol–water partition coefficient (Wildman–Crippen LogP) is 1.72. The van der Waals surface area contributed by atoms with Crippen molar-refractivity contribution in [3.05, 3.63) is 11.8 Å². The number of ether oxygens (including phenoxy) is 1. The van der Waals surface area contributed by atoms with Gasteiger partial charge < -0.3 is 4.74 Å². The lowest BCUT2D eigenvalue weighted by atomic mass is 10.3. The average Bonchev–Trinajstić information content (AvgIpc) is 2.45. The van der Waals surface area contributed by atoms with Crippen LogP contribution in [-0.4, -0.2) is 23.3 Å².